The van der Waals surface area contributed by atoms with Crippen LogP contribution in [0.15, 0.2) is 12.3 Å². The fourth-order valence-electron chi connectivity index (χ4n) is 0.858. The number of nitrogens with zero attached hydrogens (tertiary/aromatic N) is 1. The summed E-state index contributed by atoms with van der Waals surface area (Å²) in [5.41, 5.74) is 1.41. The Hall–Kier alpha value is -1.32. The van der Waals surface area contributed by atoms with Gasteiger partial charge in [-0.05, 0) is 24.1 Å². The molecule has 0 atom stereocenters. The second-order valence-corrected chi connectivity index (χ2v) is 2.41. The van der Waals surface area contributed by atoms with Crippen molar-refractivity contribution in [3.05, 3.63) is 28.9 Å². The first-order valence-corrected chi connectivity index (χ1v) is 3.23. The van der Waals surface area contributed by atoms with E-state index in [1.54, 1.807) is 6.92 Å². The van der Waals surface area contributed by atoms with Gasteiger partial charge in [-0.1, -0.05) is 0 Å². The van der Waals surface area contributed by atoms with Crippen molar-refractivity contribution in [2.24, 2.45) is 0 Å². The van der Waals surface area contributed by atoms with E-state index < -0.39 is 6.67 Å². The highest BCUT2D eigenvalue weighted by molar-refractivity contribution is 5.20. The number of hydrogen-bond donors (Lipinski definition) is 2. The van der Waals surface area contributed by atoms with Crippen molar-refractivity contribution in [3.63, 3.8) is 0 Å². The third-order valence-corrected chi connectivity index (χ3v) is 1.57. The van der Waals surface area contributed by atoms with Crippen LogP contribution in [0, 0.1) is 12.3 Å². The number of nitrogens with one attached hydrogen (secondary N) is 1. The number of aromatic nitrogens is 1. The highest BCUT2D eigenvalue weighted by Crippen LogP contribution is 2.03. The molecule has 60 valence electrons. The molecule has 1 rings (SSSR count). The number of alkyl halides is 1. The third kappa shape index (κ3) is 1.39. The Bertz CT molecular complexity index is 316. The van der Waals surface area contributed by atoms with Crippen LogP contribution in [0.25, 0.3) is 0 Å². The van der Waals surface area contributed by atoms with E-state index in [0.717, 1.165) is 10.2 Å². The molecule has 0 unspecified atom stereocenters. The van der Waals surface area contributed by atoms with Crippen LogP contribution in [0.1, 0.15) is 11.1 Å². The Morgan fingerprint density at radius 3 is 2.91 bits per heavy atom. The van der Waals surface area contributed by atoms with Crippen LogP contribution in [0.2, 0.25) is 0 Å². The summed E-state index contributed by atoms with van der Waals surface area (Å²) in [4.78, 5) is 0. The Kier molecular flexibility index (Phi) is 1.94. The average Bonchev–Trinajstić information content (AvgIpc) is 1.97. The molecule has 0 radical (unpaired) electrons. The topological polar surface area (TPSA) is 54.8 Å². The van der Waals surface area contributed by atoms with E-state index in [1.165, 1.54) is 12.3 Å². The van der Waals surface area contributed by atoms with Crippen molar-refractivity contribution in [1.29, 1.82) is 5.41 Å². The van der Waals surface area contributed by atoms with E-state index >= 15 is 0 Å². The number of nitrogens with two attached hydrogens (primary N) is 1. The Morgan fingerprint density at radius 2 is 2.36 bits per heavy atom. The lowest BCUT2D eigenvalue weighted by molar-refractivity contribution is 0.482. The molecule has 0 bridgehead atoms. The molecule has 0 amide bonds. The van der Waals surface area contributed by atoms with E-state index in [4.69, 9.17) is 11.3 Å². The second-order valence-electron chi connectivity index (χ2n) is 2.41. The molecular weight excluding hydrogens is 145 g/mol. The maximum atomic E-state index is 12.2. The van der Waals surface area contributed by atoms with Gasteiger partial charge >= 0.3 is 0 Å². The maximum Gasteiger partial charge on any atom is 0.143 e. The minimum Gasteiger partial charge on any atom is -0.338 e. The van der Waals surface area contributed by atoms with Gasteiger partial charge in [0.05, 0.1) is 0 Å². The Labute approximate surface area is 63.8 Å². The van der Waals surface area contributed by atoms with E-state index in [9.17, 15) is 4.39 Å². The monoisotopic (exact) mass is 155 g/mol. The van der Waals surface area contributed by atoms with Crippen molar-refractivity contribution in [2.75, 3.05) is 5.84 Å². The first kappa shape index (κ1) is 7.78. The predicted molar refractivity (Wildman–Crippen MR) is 40.0 cm³/mol. The molecule has 4 heteroatoms. The number of halogens is 1. The van der Waals surface area contributed by atoms with Gasteiger partial charge in [0.15, 0.2) is 0 Å². The second kappa shape index (κ2) is 2.74. The third-order valence-electron chi connectivity index (χ3n) is 1.57. The summed E-state index contributed by atoms with van der Waals surface area (Å²) in [6, 6.07) is 1.43. The molecular formula is C7H10FN3. The lowest BCUT2D eigenvalue weighted by atomic mass is 10.2. The molecule has 3 N–H and O–H groups in total. The molecule has 3 nitrogen and oxygen atoms in total. The first-order valence-electron chi connectivity index (χ1n) is 3.23. The predicted octanol–water partition coefficient (Wildman–Crippen LogP) is 0.459. The summed E-state index contributed by atoms with van der Waals surface area (Å²) >= 11 is 0. The number of pyridine rings is 1. The van der Waals surface area contributed by atoms with Gasteiger partial charge in [0.25, 0.3) is 0 Å². The van der Waals surface area contributed by atoms with Crippen molar-refractivity contribution in [3.8, 4) is 0 Å². The molecule has 0 aliphatic carbocycles. The molecule has 1 aromatic heterocycles. The summed E-state index contributed by atoms with van der Waals surface area (Å²) in [6.07, 6.45) is 1.54. The molecule has 0 fully saturated rings. The van der Waals surface area contributed by atoms with Crippen molar-refractivity contribution in [2.45, 2.75) is 13.6 Å². The fourth-order valence-corrected chi connectivity index (χ4v) is 0.858. The summed E-state index contributed by atoms with van der Waals surface area (Å²) in [6.45, 7) is 1.22. The van der Waals surface area contributed by atoms with Crippen LogP contribution in [-0.4, -0.2) is 4.68 Å². The van der Waals surface area contributed by atoms with E-state index in [-0.39, 0.29) is 5.49 Å². The van der Waals surface area contributed by atoms with Crippen LogP contribution in [0.5, 0.6) is 0 Å². The summed E-state index contributed by atoms with van der Waals surface area (Å²) < 4.78 is 13.3. The lowest BCUT2D eigenvalue weighted by Gasteiger charge is -2.03. The Balaban J connectivity index is 3.32. The Morgan fingerprint density at radius 1 is 1.73 bits per heavy atom. The van der Waals surface area contributed by atoms with E-state index in [0.29, 0.717) is 5.56 Å². The summed E-state index contributed by atoms with van der Waals surface area (Å²) in [5.74, 6) is 5.35. The van der Waals surface area contributed by atoms with Crippen LogP contribution < -0.4 is 11.3 Å². The summed E-state index contributed by atoms with van der Waals surface area (Å²) in [7, 11) is 0. The molecule has 0 aromatic carbocycles. The van der Waals surface area contributed by atoms with E-state index in [2.05, 4.69) is 0 Å². The molecule has 0 spiro atoms. The van der Waals surface area contributed by atoms with Gasteiger partial charge < -0.3 is 5.84 Å². The minimum absolute atomic E-state index is 0.114. The zero-order chi connectivity index (χ0) is 8.43. The number of nitrogen functional groups attached to an aromatic ring is 1. The van der Waals surface area contributed by atoms with Crippen LogP contribution >= 0.6 is 0 Å². The van der Waals surface area contributed by atoms with Gasteiger partial charge in [0.1, 0.15) is 12.2 Å². The first-order chi connectivity index (χ1) is 5.15. The standard InChI is InChI=1S/C7H10FN3/c1-5-4-11(10)7(9)2-6(5)3-8/h2,4,9H,3,10H2,1H3. The average molecular weight is 155 g/mol. The smallest absolute Gasteiger partial charge is 0.143 e. The zero-order valence-electron chi connectivity index (χ0n) is 6.26. The number of hydrogen-bond acceptors (Lipinski definition) is 2. The maximum absolute atomic E-state index is 12.2. The number of aryl methyl sites for hydroxylation is 1. The van der Waals surface area contributed by atoms with Crippen molar-refractivity contribution < 1.29 is 4.39 Å². The molecule has 0 aliphatic heterocycles. The van der Waals surface area contributed by atoms with Crippen LogP contribution in [0.3, 0.4) is 0 Å². The molecule has 11 heavy (non-hydrogen) atoms. The fraction of sp³-hybridized carbons (Fsp3) is 0.286. The van der Waals surface area contributed by atoms with E-state index in [1.807, 2.05) is 0 Å². The van der Waals surface area contributed by atoms with Gasteiger partial charge in [-0.2, -0.15) is 0 Å². The van der Waals surface area contributed by atoms with Gasteiger partial charge in [-0.15, -0.1) is 0 Å². The molecule has 1 heterocycles. The molecule has 0 aliphatic rings. The normalized spacial score (nSPS) is 10.0. The van der Waals surface area contributed by atoms with Gasteiger partial charge in [-0.25, -0.2) is 4.39 Å². The van der Waals surface area contributed by atoms with Crippen LogP contribution in [-0.2, 0) is 6.67 Å². The van der Waals surface area contributed by atoms with Gasteiger partial charge in [0.2, 0.25) is 0 Å². The zero-order valence-corrected chi connectivity index (χ0v) is 6.26. The molecule has 1 aromatic rings. The molecule has 0 saturated carbocycles. The van der Waals surface area contributed by atoms with Crippen molar-refractivity contribution >= 4 is 0 Å². The van der Waals surface area contributed by atoms with Gasteiger partial charge in [0, 0.05) is 6.20 Å². The highest BCUT2D eigenvalue weighted by Gasteiger charge is 1.97. The van der Waals surface area contributed by atoms with Crippen LogP contribution in [0.4, 0.5) is 4.39 Å². The molecule has 0 saturated heterocycles. The highest BCUT2D eigenvalue weighted by atomic mass is 19.1. The quantitative estimate of drug-likeness (QED) is 0.569. The SMILES string of the molecule is Cc1cn(N)c(=N)cc1CF. The largest absolute Gasteiger partial charge is 0.338 e. The van der Waals surface area contributed by atoms with Crippen molar-refractivity contribution in [1.82, 2.24) is 4.68 Å². The van der Waals surface area contributed by atoms with Gasteiger partial charge in [-0.3, -0.25) is 10.1 Å². The number of rotatable bonds is 1. The minimum atomic E-state index is -0.543. The lowest BCUT2D eigenvalue weighted by Crippen LogP contribution is -2.26. The summed E-state index contributed by atoms with van der Waals surface area (Å²) in [5, 5.41) is 7.23.